The lowest BCUT2D eigenvalue weighted by atomic mass is 9.78. The normalized spacial score (nSPS) is 15.3. The summed E-state index contributed by atoms with van der Waals surface area (Å²) >= 11 is 0. The fraction of sp³-hybridized carbons (Fsp3) is 0.440. The molecule has 2 aromatic rings. The van der Waals surface area contributed by atoms with Crippen LogP contribution in [0.1, 0.15) is 30.4 Å². The zero-order valence-corrected chi connectivity index (χ0v) is 20.1. The van der Waals surface area contributed by atoms with Crippen molar-refractivity contribution in [2.45, 2.75) is 25.3 Å². The highest BCUT2D eigenvalue weighted by atomic mass is 16.5. The number of azide groups is 1. The minimum Gasteiger partial charge on any atom is -0.480 e. The molecule has 2 atom stereocenters. The molecule has 0 bridgehead atoms. The summed E-state index contributed by atoms with van der Waals surface area (Å²) in [6.45, 7) is 2.45. The number of hydrogen-bond donors (Lipinski definition) is 2. The Bertz CT molecular complexity index is 1060. The molecule has 3 rings (SSSR count). The molecule has 0 unspecified atom stereocenters. The first-order valence-corrected chi connectivity index (χ1v) is 11.2. The van der Waals surface area contributed by atoms with E-state index in [1.165, 1.54) is 0 Å². The second-order valence-electron chi connectivity index (χ2n) is 10.0. The van der Waals surface area contributed by atoms with Crippen molar-refractivity contribution in [3.63, 3.8) is 0 Å². The van der Waals surface area contributed by atoms with E-state index in [0.29, 0.717) is 17.4 Å². The summed E-state index contributed by atoms with van der Waals surface area (Å²) in [5.41, 5.74) is 12.2. The number of quaternary nitrogens is 1. The number of benzene rings is 2. The SMILES string of the molecule is C[C@](CCN=[N+]=[N-])(C[N+](C)(C)C)[C@H](NC(=O)OCC1c2ccccc2-c2ccccc21)C(=O)O. The molecule has 180 valence electrons. The number of carbonyl (C=O) groups is 2. The van der Waals surface area contributed by atoms with E-state index in [1.807, 2.05) is 57.5 Å². The number of fused-ring (bicyclic) bond motifs is 3. The number of nitrogens with zero attached hydrogens (tertiary/aromatic N) is 4. The molecule has 1 aliphatic carbocycles. The number of alkyl carbamates (subject to hydrolysis) is 1. The highest BCUT2D eigenvalue weighted by molar-refractivity contribution is 5.81. The van der Waals surface area contributed by atoms with Crippen LogP contribution in [-0.4, -0.2) is 68.5 Å². The van der Waals surface area contributed by atoms with Crippen molar-refractivity contribution < 1.29 is 23.9 Å². The van der Waals surface area contributed by atoms with E-state index >= 15 is 0 Å². The summed E-state index contributed by atoms with van der Waals surface area (Å²) in [7, 11) is 5.83. The Labute approximate surface area is 199 Å². The first-order valence-electron chi connectivity index (χ1n) is 11.2. The zero-order chi connectivity index (χ0) is 24.9. The maximum atomic E-state index is 12.8. The van der Waals surface area contributed by atoms with Crippen LogP contribution in [0.3, 0.4) is 0 Å². The molecule has 9 nitrogen and oxygen atoms in total. The van der Waals surface area contributed by atoms with Gasteiger partial charge in [-0.25, -0.2) is 9.59 Å². The number of carboxylic acid groups (broad SMARTS) is 1. The van der Waals surface area contributed by atoms with E-state index in [1.54, 1.807) is 6.92 Å². The largest absolute Gasteiger partial charge is 0.480 e. The first-order chi connectivity index (χ1) is 16.1. The highest BCUT2D eigenvalue weighted by Crippen LogP contribution is 2.44. The maximum Gasteiger partial charge on any atom is 0.407 e. The van der Waals surface area contributed by atoms with Crippen molar-refractivity contribution in [1.82, 2.24) is 5.32 Å². The summed E-state index contributed by atoms with van der Waals surface area (Å²) in [4.78, 5) is 27.8. The molecule has 0 fully saturated rings. The van der Waals surface area contributed by atoms with Crippen molar-refractivity contribution in [2.24, 2.45) is 10.5 Å². The third kappa shape index (κ3) is 5.68. The molecule has 1 amide bonds. The van der Waals surface area contributed by atoms with E-state index in [9.17, 15) is 14.7 Å². The Morgan fingerprint density at radius 3 is 2.21 bits per heavy atom. The number of aliphatic carboxylic acids is 1. The van der Waals surface area contributed by atoms with Gasteiger partial charge in [0, 0.05) is 22.8 Å². The zero-order valence-electron chi connectivity index (χ0n) is 20.1. The van der Waals surface area contributed by atoms with Gasteiger partial charge in [-0.3, -0.25) is 0 Å². The van der Waals surface area contributed by atoms with Crippen LogP contribution in [0.5, 0.6) is 0 Å². The molecular weight excluding hydrogens is 434 g/mol. The van der Waals surface area contributed by atoms with Gasteiger partial charge < -0.3 is 19.6 Å². The number of rotatable bonds is 10. The minimum absolute atomic E-state index is 0.0942. The van der Waals surface area contributed by atoms with Crippen molar-refractivity contribution in [3.8, 4) is 11.1 Å². The summed E-state index contributed by atoms with van der Waals surface area (Å²) in [5.74, 6) is -1.28. The lowest BCUT2D eigenvalue weighted by Gasteiger charge is -2.40. The van der Waals surface area contributed by atoms with Crippen LogP contribution in [0.2, 0.25) is 0 Å². The van der Waals surface area contributed by atoms with Crippen LogP contribution >= 0.6 is 0 Å². The van der Waals surface area contributed by atoms with E-state index < -0.39 is 23.5 Å². The third-order valence-electron chi connectivity index (χ3n) is 6.23. The molecule has 9 heteroatoms. The second-order valence-corrected chi connectivity index (χ2v) is 10.0. The van der Waals surface area contributed by atoms with E-state index in [0.717, 1.165) is 22.3 Å². The average molecular weight is 467 g/mol. The number of nitrogens with one attached hydrogen (secondary N) is 1. The summed E-state index contributed by atoms with van der Waals surface area (Å²) in [6.07, 6.45) is -0.488. The topological polar surface area (TPSA) is 124 Å². The second kappa shape index (κ2) is 10.2. The fourth-order valence-corrected chi connectivity index (χ4v) is 5.04. The van der Waals surface area contributed by atoms with Gasteiger partial charge in [0.2, 0.25) is 0 Å². The van der Waals surface area contributed by atoms with Crippen molar-refractivity contribution in [2.75, 3.05) is 40.8 Å². The third-order valence-corrected chi connectivity index (χ3v) is 6.23. The number of carboxylic acids is 1. The van der Waals surface area contributed by atoms with Gasteiger partial charge in [-0.05, 0) is 34.2 Å². The number of ether oxygens (including phenoxy) is 1. The molecule has 2 aromatic carbocycles. The fourth-order valence-electron chi connectivity index (χ4n) is 5.04. The van der Waals surface area contributed by atoms with Crippen LogP contribution in [0, 0.1) is 5.41 Å². The number of amides is 1. The van der Waals surface area contributed by atoms with Gasteiger partial charge >= 0.3 is 12.1 Å². The van der Waals surface area contributed by atoms with Crippen LogP contribution in [0.15, 0.2) is 53.6 Å². The number of hydrogen-bond acceptors (Lipinski definition) is 4. The van der Waals surface area contributed by atoms with Crippen LogP contribution < -0.4 is 5.32 Å². The quantitative estimate of drug-likeness (QED) is 0.233. The van der Waals surface area contributed by atoms with Gasteiger partial charge in [0.25, 0.3) is 0 Å². The molecule has 0 aliphatic heterocycles. The minimum atomic E-state index is -1.21. The molecule has 0 saturated carbocycles. The molecule has 2 N–H and O–H groups in total. The van der Waals surface area contributed by atoms with Crippen molar-refractivity contribution in [3.05, 3.63) is 70.1 Å². The summed E-state index contributed by atoms with van der Waals surface area (Å²) in [5, 5.41) is 16.1. The smallest absolute Gasteiger partial charge is 0.407 e. The van der Waals surface area contributed by atoms with Crippen molar-refractivity contribution in [1.29, 1.82) is 0 Å². The summed E-state index contributed by atoms with van der Waals surface area (Å²) in [6, 6.07) is 14.8. The molecule has 0 spiro atoms. The standard InChI is InChI=1S/C25H31N5O4/c1-25(13-14-27-29-26,16-30(2,3)4)22(23(31)32)28-24(33)34-15-21-19-11-7-5-9-17(19)18-10-6-8-12-20(18)21/h5-12,21-22H,13-16H2,1-4H3,(H-,28,31,32,33)/p+1/t22-,25+/m1/s1. The lowest BCUT2D eigenvalue weighted by Crippen LogP contribution is -2.58. The van der Waals surface area contributed by atoms with Crippen LogP contribution in [0.25, 0.3) is 21.6 Å². The molecule has 1 aliphatic rings. The van der Waals surface area contributed by atoms with E-state index in [-0.39, 0.29) is 19.1 Å². The van der Waals surface area contributed by atoms with Crippen LogP contribution in [-0.2, 0) is 9.53 Å². The molecule has 0 radical (unpaired) electrons. The molecule has 0 saturated heterocycles. The van der Waals surface area contributed by atoms with Gasteiger partial charge in [0.15, 0.2) is 0 Å². The Balaban J connectivity index is 1.76. The Kier molecular flexibility index (Phi) is 7.49. The lowest BCUT2D eigenvalue weighted by molar-refractivity contribution is -0.877. The van der Waals surface area contributed by atoms with Crippen LogP contribution in [0.4, 0.5) is 4.79 Å². The van der Waals surface area contributed by atoms with Gasteiger partial charge in [-0.15, -0.1) is 0 Å². The van der Waals surface area contributed by atoms with Gasteiger partial charge in [-0.1, -0.05) is 60.6 Å². The van der Waals surface area contributed by atoms with Gasteiger partial charge in [-0.2, -0.15) is 0 Å². The molecule has 0 heterocycles. The first kappa shape index (κ1) is 25.1. The predicted octanol–water partition coefficient (Wildman–Crippen LogP) is 4.39. The molecule has 0 aromatic heterocycles. The van der Waals surface area contributed by atoms with Gasteiger partial charge in [0.1, 0.15) is 12.6 Å². The van der Waals surface area contributed by atoms with E-state index in [2.05, 4.69) is 27.5 Å². The number of carbonyl (C=O) groups excluding carboxylic acids is 1. The maximum absolute atomic E-state index is 12.8. The average Bonchev–Trinajstić information content (AvgIpc) is 3.08. The molecular formula is C25H32N5O4+. The van der Waals surface area contributed by atoms with Crippen molar-refractivity contribution >= 4 is 12.1 Å². The monoisotopic (exact) mass is 466 g/mol. The highest BCUT2D eigenvalue weighted by Gasteiger charge is 2.44. The Morgan fingerprint density at radius 2 is 1.71 bits per heavy atom. The predicted molar refractivity (Wildman–Crippen MR) is 129 cm³/mol. The summed E-state index contributed by atoms with van der Waals surface area (Å²) < 4.78 is 6.05. The molecule has 34 heavy (non-hydrogen) atoms. The van der Waals surface area contributed by atoms with Gasteiger partial charge in [0.05, 0.1) is 27.7 Å². The van der Waals surface area contributed by atoms with E-state index in [4.69, 9.17) is 10.3 Å². The Hall–Kier alpha value is -3.55. The Morgan fingerprint density at radius 1 is 1.15 bits per heavy atom.